The van der Waals surface area contributed by atoms with Crippen molar-refractivity contribution in [2.24, 2.45) is 0 Å². The summed E-state index contributed by atoms with van der Waals surface area (Å²) >= 11 is 0. The van der Waals surface area contributed by atoms with Gasteiger partial charge in [-0.25, -0.2) is 0 Å². The first-order valence-corrected chi connectivity index (χ1v) is 17.0. The molecule has 0 fully saturated rings. The van der Waals surface area contributed by atoms with Crippen molar-refractivity contribution >= 4 is 32.3 Å². The number of hydrogen-bond acceptors (Lipinski definition) is 0. The van der Waals surface area contributed by atoms with Crippen LogP contribution in [-0.2, 0) is 5.41 Å². The molecule has 0 nitrogen and oxygen atoms in total. The summed E-state index contributed by atoms with van der Waals surface area (Å²) in [5, 5.41) is 7.82. The second kappa shape index (κ2) is 10.8. The van der Waals surface area contributed by atoms with Gasteiger partial charge in [-0.15, -0.1) is 0 Å². The highest BCUT2D eigenvalue weighted by molar-refractivity contribution is 6.32. The highest BCUT2D eigenvalue weighted by Crippen LogP contribution is 2.55. The van der Waals surface area contributed by atoms with E-state index < -0.39 is 0 Å². The Labute approximate surface area is 277 Å². The molecule has 9 rings (SSSR count). The molecule has 0 bridgehead atoms. The predicted molar refractivity (Wildman–Crippen MR) is 202 cm³/mol. The number of rotatable bonds is 5. The summed E-state index contributed by atoms with van der Waals surface area (Å²) in [6, 6.07) is 58.9. The van der Waals surface area contributed by atoms with Crippen LogP contribution in [0.1, 0.15) is 37.8 Å². The van der Waals surface area contributed by atoms with E-state index in [1.165, 1.54) is 88.0 Å². The third-order valence-corrected chi connectivity index (χ3v) is 10.9. The molecule has 0 spiro atoms. The molecule has 0 N–H and O–H groups in total. The monoisotopic (exact) mass is 600 g/mol. The molecule has 1 aliphatic carbocycles. The lowest BCUT2D eigenvalue weighted by Crippen LogP contribution is -2.23. The Balaban J connectivity index is 1.48. The van der Waals surface area contributed by atoms with E-state index in [0.717, 1.165) is 12.8 Å². The van der Waals surface area contributed by atoms with Crippen LogP contribution in [0.5, 0.6) is 0 Å². The van der Waals surface area contributed by atoms with Crippen molar-refractivity contribution in [2.45, 2.75) is 32.1 Å². The second-order valence-corrected chi connectivity index (χ2v) is 13.0. The van der Waals surface area contributed by atoms with Gasteiger partial charge in [-0.3, -0.25) is 0 Å². The maximum Gasteiger partial charge on any atom is 0.0210 e. The molecule has 0 heterocycles. The predicted octanol–water partition coefficient (Wildman–Crippen LogP) is 13.2. The Bertz CT molecular complexity index is 2460. The summed E-state index contributed by atoms with van der Waals surface area (Å²) < 4.78 is 0. The van der Waals surface area contributed by atoms with Crippen molar-refractivity contribution in [1.29, 1.82) is 0 Å². The molecule has 0 saturated carbocycles. The highest BCUT2D eigenvalue weighted by atomic mass is 14.4. The minimum absolute atomic E-state index is 0.0108. The summed E-state index contributed by atoms with van der Waals surface area (Å²) in [6.45, 7) is 4.72. The second-order valence-electron chi connectivity index (χ2n) is 13.0. The van der Waals surface area contributed by atoms with Crippen molar-refractivity contribution in [3.05, 3.63) is 169 Å². The van der Waals surface area contributed by atoms with Crippen LogP contribution in [-0.4, -0.2) is 0 Å². The fourth-order valence-corrected chi connectivity index (χ4v) is 8.72. The molecule has 0 aromatic heterocycles. The maximum absolute atomic E-state index is 2.54. The molecule has 1 aliphatic rings. The first-order chi connectivity index (χ1) is 23.2. The normalized spacial score (nSPS) is 13.2. The fraction of sp³-hybridized carbons (Fsp3) is 0.106. The zero-order valence-electron chi connectivity index (χ0n) is 26.9. The Hall–Kier alpha value is -5.46. The van der Waals surface area contributed by atoms with Gasteiger partial charge >= 0.3 is 0 Å². The van der Waals surface area contributed by atoms with Crippen LogP contribution < -0.4 is 0 Å². The summed E-state index contributed by atoms with van der Waals surface area (Å²) in [5.41, 5.74) is 13.3. The minimum Gasteiger partial charge on any atom is -0.0642 e. The zero-order valence-corrected chi connectivity index (χ0v) is 26.9. The van der Waals surface area contributed by atoms with Crippen molar-refractivity contribution in [3.8, 4) is 44.5 Å². The van der Waals surface area contributed by atoms with Gasteiger partial charge in [-0.2, -0.15) is 0 Å². The average Bonchev–Trinajstić information content (AvgIpc) is 3.44. The van der Waals surface area contributed by atoms with E-state index in [0.29, 0.717) is 0 Å². The van der Waals surface area contributed by atoms with Gasteiger partial charge in [-0.05, 0) is 113 Å². The first kappa shape index (κ1) is 27.8. The lowest BCUT2D eigenvalue weighted by molar-refractivity contribution is 0.490. The smallest absolute Gasteiger partial charge is 0.0210 e. The van der Waals surface area contributed by atoms with Gasteiger partial charge in [0.25, 0.3) is 0 Å². The molecule has 224 valence electrons. The van der Waals surface area contributed by atoms with Crippen molar-refractivity contribution in [3.63, 3.8) is 0 Å². The zero-order chi connectivity index (χ0) is 31.5. The van der Waals surface area contributed by atoms with Gasteiger partial charge in [0.1, 0.15) is 0 Å². The van der Waals surface area contributed by atoms with Gasteiger partial charge in [-0.1, -0.05) is 159 Å². The lowest BCUT2D eigenvalue weighted by atomic mass is 9.73. The average molecular weight is 601 g/mol. The van der Waals surface area contributed by atoms with E-state index in [1.807, 2.05) is 0 Å². The first-order valence-electron chi connectivity index (χ1n) is 17.0. The molecule has 0 aliphatic heterocycles. The van der Waals surface area contributed by atoms with Crippen LogP contribution in [0.15, 0.2) is 158 Å². The molecule has 0 heteroatoms. The van der Waals surface area contributed by atoms with E-state index in [-0.39, 0.29) is 5.41 Å². The number of hydrogen-bond donors (Lipinski definition) is 0. The van der Waals surface area contributed by atoms with Crippen LogP contribution in [0, 0.1) is 0 Å². The standard InChI is InChI=1S/C47H36/c1-3-47(4-2)42-26-16-15-23-36(42)37-28-27-33(29-43(37)47)41-30-40(31-17-7-5-8-18-31)45-38-24-13-11-21-34(38)35-22-12-14-25-39(35)46(45)44(41)32-19-9-6-10-20-32/h5-30H,3-4H2,1-2H3. The van der Waals surface area contributed by atoms with Crippen LogP contribution in [0.3, 0.4) is 0 Å². The fourth-order valence-electron chi connectivity index (χ4n) is 8.72. The van der Waals surface area contributed by atoms with E-state index in [1.54, 1.807) is 0 Å². The molecule has 47 heavy (non-hydrogen) atoms. The van der Waals surface area contributed by atoms with Gasteiger partial charge in [0.15, 0.2) is 0 Å². The minimum atomic E-state index is 0.0108. The highest BCUT2D eigenvalue weighted by Gasteiger charge is 2.40. The molecule has 0 radical (unpaired) electrons. The number of fused-ring (bicyclic) bond motifs is 9. The van der Waals surface area contributed by atoms with Crippen molar-refractivity contribution < 1.29 is 0 Å². The molecule has 0 saturated heterocycles. The third kappa shape index (κ3) is 4.01. The van der Waals surface area contributed by atoms with E-state index in [2.05, 4.69) is 172 Å². The summed E-state index contributed by atoms with van der Waals surface area (Å²) in [7, 11) is 0. The molecular weight excluding hydrogens is 565 g/mol. The maximum atomic E-state index is 2.54. The van der Waals surface area contributed by atoms with E-state index in [4.69, 9.17) is 0 Å². The van der Waals surface area contributed by atoms with Gasteiger partial charge < -0.3 is 0 Å². The van der Waals surface area contributed by atoms with Gasteiger partial charge in [0.05, 0.1) is 0 Å². The topological polar surface area (TPSA) is 0 Å². The third-order valence-electron chi connectivity index (χ3n) is 10.9. The van der Waals surface area contributed by atoms with Crippen LogP contribution in [0.4, 0.5) is 0 Å². The van der Waals surface area contributed by atoms with Crippen LogP contribution in [0.25, 0.3) is 76.8 Å². The Morgan fingerprint density at radius 3 is 1.55 bits per heavy atom. The lowest BCUT2D eigenvalue weighted by Gasteiger charge is -2.30. The van der Waals surface area contributed by atoms with Crippen LogP contribution in [0.2, 0.25) is 0 Å². The van der Waals surface area contributed by atoms with Crippen molar-refractivity contribution in [1.82, 2.24) is 0 Å². The SMILES string of the molecule is CCC1(CC)c2ccccc2-c2ccc(-c3cc(-c4ccccc4)c4c5ccccc5c5ccccc5c4c3-c3ccccc3)cc21. The van der Waals surface area contributed by atoms with Gasteiger partial charge in [0.2, 0.25) is 0 Å². The molecule has 8 aromatic carbocycles. The Morgan fingerprint density at radius 2 is 0.894 bits per heavy atom. The van der Waals surface area contributed by atoms with Crippen LogP contribution >= 0.6 is 0 Å². The molecule has 0 atom stereocenters. The summed E-state index contributed by atoms with van der Waals surface area (Å²) in [6.07, 6.45) is 2.15. The van der Waals surface area contributed by atoms with Gasteiger partial charge in [0, 0.05) is 5.41 Å². The van der Waals surface area contributed by atoms with Crippen molar-refractivity contribution in [2.75, 3.05) is 0 Å². The molecule has 8 aromatic rings. The number of benzene rings is 8. The summed E-state index contributed by atoms with van der Waals surface area (Å²) in [4.78, 5) is 0. The largest absolute Gasteiger partial charge is 0.0642 e. The van der Waals surface area contributed by atoms with E-state index >= 15 is 0 Å². The molecule has 0 amide bonds. The quantitative estimate of drug-likeness (QED) is 0.172. The Morgan fingerprint density at radius 1 is 0.362 bits per heavy atom. The molecule has 0 unspecified atom stereocenters. The summed E-state index contributed by atoms with van der Waals surface area (Å²) in [5.74, 6) is 0. The van der Waals surface area contributed by atoms with E-state index in [9.17, 15) is 0 Å². The molecular formula is C47H36. The Kier molecular flexibility index (Phi) is 6.40.